The van der Waals surface area contributed by atoms with Crippen LogP contribution in [-0.2, 0) is 11.3 Å². The standard InChI is InChI=1S/C16H28N2O2/c1-5-8-17-10-14-9-13(2)6-7-16(14)18(3)11-15(19)12-20-4/h6-7,9,15,17,19H,5,8,10-12H2,1-4H3. The molecule has 0 aliphatic rings. The van der Waals surface area contributed by atoms with Gasteiger partial charge in [0, 0.05) is 32.9 Å². The summed E-state index contributed by atoms with van der Waals surface area (Å²) in [6, 6.07) is 6.44. The number of methoxy groups -OCH3 is 1. The number of aliphatic hydroxyl groups excluding tert-OH is 1. The number of hydrogen-bond donors (Lipinski definition) is 2. The van der Waals surface area contributed by atoms with Crippen LogP contribution in [0.25, 0.3) is 0 Å². The molecule has 2 N–H and O–H groups in total. The first-order valence-electron chi connectivity index (χ1n) is 7.26. The first-order chi connectivity index (χ1) is 9.58. The molecule has 0 aromatic heterocycles. The van der Waals surface area contributed by atoms with Crippen LogP contribution in [0.3, 0.4) is 0 Å². The van der Waals surface area contributed by atoms with Crippen LogP contribution in [0.15, 0.2) is 18.2 Å². The number of hydrogen-bond acceptors (Lipinski definition) is 4. The summed E-state index contributed by atoms with van der Waals surface area (Å²) in [5.41, 5.74) is 3.69. The van der Waals surface area contributed by atoms with Crippen molar-refractivity contribution in [1.82, 2.24) is 5.32 Å². The van der Waals surface area contributed by atoms with Crippen molar-refractivity contribution in [3.63, 3.8) is 0 Å². The van der Waals surface area contributed by atoms with Gasteiger partial charge in [-0.3, -0.25) is 0 Å². The third-order valence-corrected chi connectivity index (χ3v) is 3.23. The van der Waals surface area contributed by atoms with Crippen molar-refractivity contribution < 1.29 is 9.84 Å². The number of ether oxygens (including phenoxy) is 1. The lowest BCUT2D eigenvalue weighted by atomic mass is 10.1. The van der Waals surface area contributed by atoms with Gasteiger partial charge in [-0.05, 0) is 31.5 Å². The molecule has 1 unspecified atom stereocenters. The average Bonchev–Trinajstić information content (AvgIpc) is 2.39. The van der Waals surface area contributed by atoms with Gasteiger partial charge in [0.05, 0.1) is 12.7 Å². The third-order valence-electron chi connectivity index (χ3n) is 3.23. The van der Waals surface area contributed by atoms with Crippen molar-refractivity contribution in [2.75, 3.05) is 38.8 Å². The second-order valence-corrected chi connectivity index (χ2v) is 5.30. The van der Waals surface area contributed by atoms with Crippen LogP contribution in [0.4, 0.5) is 5.69 Å². The van der Waals surface area contributed by atoms with E-state index in [0.717, 1.165) is 25.2 Å². The van der Waals surface area contributed by atoms with E-state index in [1.54, 1.807) is 7.11 Å². The van der Waals surface area contributed by atoms with Gasteiger partial charge in [0.15, 0.2) is 0 Å². The molecule has 1 aromatic carbocycles. The Morgan fingerprint density at radius 3 is 2.80 bits per heavy atom. The molecule has 0 radical (unpaired) electrons. The van der Waals surface area contributed by atoms with Gasteiger partial charge in [-0.25, -0.2) is 0 Å². The monoisotopic (exact) mass is 280 g/mol. The number of aliphatic hydroxyl groups is 1. The second-order valence-electron chi connectivity index (χ2n) is 5.30. The molecular formula is C16H28N2O2. The molecule has 0 bridgehead atoms. The lowest BCUT2D eigenvalue weighted by Crippen LogP contribution is -2.32. The Bertz CT molecular complexity index is 396. The van der Waals surface area contributed by atoms with E-state index in [-0.39, 0.29) is 0 Å². The molecule has 0 saturated carbocycles. The van der Waals surface area contributed by atoms with Crippen LogP contribution in [0.2, 0.25) is 0 Å². The van der Waals surface area contributed by atoms with Crippen molar-refractivity contribution >= 4 is 5.69 Å². The molecule has 1 aromatic rings. The highest BCUT2D eigenvalue weighted by Gasteiger charge is 2.12. The number of benzene rings is 1. The van der Waals surface area contributed by atoms with Gasteiger partial charge in [0.25, 0.3) is 0 Å². The minimum absolute atomic E-state index is 0.361. The van der Waals surface area contributed by atoms with Crippen molar-refractivity contribution in [2.45, 2.75) is 32.9 Å². The van der Waals surface area contributed by atoms with Gasteiger partial charge in [-0.1, -0.05) is 24.6 Å². The maximum absolute atomic E-state index is 9.86. The molecule has 0 aliphatic carbocycles. The zero-order valence-electron chi connectivity index (χ0n) is 13.1. The van der Waals surface area contributed by atoms with E-state index in [2.05, 4.69) is 42.3 Å². The number of nitrogens with one attached hydrogen (secondary N) is 1. The zero-order valence-corrected chi connectivity index (χ0v) is 13.1. The van der Waals surface area contributed by atoms with Crippen LogP contribution in [0, 0.1) is 6.92 Å². The van der Waals surface area contributed by atoms with Crippen LogP contribution in [0.1, 0.15) is 24.5 Å². The highest BCUT2D eigenvalue weighted by atomic mass is 16.5. The number of likely N-dealkylation sites (N-methyl/N-ethyl adjacent to an activating group) is 1. The van der Waals surface area contributed by atoms with Gasteiger partial charge in [0.1, 0.15) is 0 Å². The van der Waals surface area contributed by atoms with Crippen molar-refractivity contribution in [2.24, 2.45) is 0 Å². The molecule has 4 nitrogen and oxygen atoms in total. The Labute approximate surface area is 122 Å². The lowest BCUT2D eigenvalue weighted by Gasteiger charge is -2.25. The number of rotatable bonds is 9. The Balaban J connectivity index is 2.75. The fourth-order valence-corrected chi connectivity index (χ4v) is 2.29. The highest BCUT2D eigenvalue weighted by Crippen LogP contribution is 2.21. The molecule has 0 heterocycles. The Morgan fingerprint density at radius 2 is 2.15 bits per heavy atom. The summed E-state index contributed by atoms with van der Waals surface area (Å²) in [4.78, 5) is 2.09. The molecule has 114 valence electrons. The summed E-state index contributed by atoms with van der Waals surface area (Å²) in [6.45, 7) is 7.07. The number of aryl methyl sites for hydroxylation is 1. The van der Waals surface area contributed by atoms with Crippen molar-refractivity contribution in [3.05, 3.63) is 29.3 Å². The predicted octanol–water partition coefficient (Wildman–Crippen LogP) is 1.94. The van der Waals surface area contributed by atoms with E-state index in [1.807, 2.05) is 7.05 Å². The van der Waals surface area contributed by atoms with Crippen molar-refractivity contribution in [3.8, 4) is 0 Å². The topological polar surface area (TPSA) is 44.7 Å². The summed E-state index contributed by atoms with van der Waals surface area (Å²) >= 11 is 0. The Hall–Kier alpha value is -1.10. The van der Waals surface area contributed by atoms with Crippen LogP contribution in [0.5, 0.6) is 0 Å². The van der Waals surface area contributed by atoms with E-state index < -0.39 is 6.10 Å². The lowest BCUT2D eigenvalue weighted by molar-refractivity contribution is 0.0695. The molecular weight excluding hydrogens is 252 g/mol. The van der Waals surface area contributed by atoms with Gasteiger partial charge < -0.3 is 20.1 Å². The highest BCUT2D eigenvalue weighted by molar-refractivity contribution is 5.54. The molecule has 4 heteroatoms. The second kappa shape index (κ2) is 8.95. The normalized spacial score (nSPS) is 12.4. The summed E-state index contributed by atoms with van der Waals surface area (Å²) in [5, 5.41) is 13.3. The van der Waals surface area contributed by atoms with Gasteiger partial charge in [0.2, 0.25) is 0 Å². The maximum atomic E-state index is 9.86. The quantitative estimate of drug-likeness (QED) is 0.679. The first-order valence-corrected chi connectivity index (χ1v) is 7.26. The van der Waals surface area contributed by atoms with Crippen LogP contribution in [-0.4, -0.2) is 45.1 Å². The van der Waals surface area contributed by atoms with Gasteiger partial charge in [-0.15, -0.1) is 0 Å². The van der Waals surface area contributed by atoms with Crippen LogP contribution < -0.4 is 10.2 Å². The molecule has 1 rings (SSSR count). The van der Waals surface area contributed by atoms with E-state index in [1.165, 1.54) is 11.1 Å². The molecule has 0 saturated heterocycles. The predicted molar refractivity (Wildman–Crippen MR) is 84.3 cm³/mol. The first kappa shape index (κ1) is 17.0. The van der Waals surface area contributed by atoms with Crippen LogP contribution >= 0.6 is 0 Å². The smallest absolute Gasteiger partial charge is 0.0947 e. The average molecular weight is 280 g/mol. The SMILES string of the molecule is CCCNCc1cc(C)ccc1N(C)CC(O)COC. The molecule has 1 atom stereocenters. The minimum Gasteiger partial charge on any atom is -0.389 e. The van der Waals surface area contributed by atoms with E-state index in [4.69, 9.17) is 4.74 Å². The van der Waals surface area contributed by atoms with Crippen molar-refractivity contribution in [1.29, 1.82) is 0 Å². The molecule has 0 amide bonds. The summed E-state index contributed by atoms with van der Waals surface area (Å²) < 4.78 is 4.98. The fourth-order valence-electron chi connectivity index (χ4n) is 2.29. The molecule has 20 heavy (non-hydrogen) atoms. The molecule has 0 aliphatic heterocycles. The van der Waals surface area contributed by atoms with Gasteiger partial charge >= 0.3 is 0 Å². The zero-order chi connectivity index (χ0) is 15.0. The Kier molecular flexibility index (Phi) is 7.59. The van der Waals surface area contributed by atoms with E-state index in [9.17, 15) is 5.11 Å². The Morgan fingerprint density at radius 1 is 1.40 bits per heavy atom. The molecule has 0 fully saturated rings. The maximum Gasteiger partial charge on any atom is 0.0947 e. The summed E-state index contributed by atoms with van der Waals surface area (Å²) in [6.07, 6.45) is 0.659. The van der Waals surface area contributed by atoms with E-state index >= 15 is 0 Å². The van der Waals surface area contributed by atoms with Gasteiger partial charge in [-0.2, -0.15) is 0 Å². The summed E-state index contributed by atoms with van der Waals surface area (Å²) in [5.74, 6) is 0. The summed E-state index contributed by atoms with van der Waals surface area (Å²) in [7, 11) is 3.61. The third kappa shape index (κ3) is 5.49. The van der Waals surface area contributed by atoms with E-state index in [0.29, 0.717) is 13.2 Å². The minimum atomic E-state index is -0.470. The largest absolute Gasteiger partial charge is 0.389 e. The number of anilines is 1. The number of nitrogens with zero attached hydrogens (tertiary/aromatic N) is 1. The fraction of sp³-hybridized carbons (Fsp3) is 0.625. The molecule has 0 spiro atoms.